The fourth-order valence-electron chi connectivity index (χ4n) is 1.64. The highest BCUT2D eigenvalue weighted by Gasteiger charge is 2.40. The van der Waals surface area contributed by atoms with Crippen LogP contribution >= 0.6 is 0 Å². The van der Waals surface area contributed by atoms with Crippen LogP contribution in [0.25, 0.3) is 0 Å². The summed E-state index contributed by atoms with van der Waals surface area (Å²) in [7, 11) is 0. The van der Waals surface area contributed by atoms with Gasteiger partial charge in [0, 0.05) is 13.8 Å². The Labute approximate surface area is 92.5 Å². The second-order valence-electron chi connectivity index (χ2n) is 3.67. The summed E-state index contributed by atoms with van der Waals surface area (Å²) in [5, 5.41) is 9.55. The number of hydrogen-bond donors (Lipinski definition) is 1. The van der Waals surface area contributed by atoms with Crippen molar-refractivity contribution < 1.29 is 29.0 Å². The highest BCUT2D eigenvalue weighted by Crippen LogP contribution is 2.21. The van der Waals surface area contributed by atoms with E-state index in [1.807, 2.05) is 0 Å². The molecule has 6 nitrogen and oxygen atoms in total. The lowest BCUT2D eigenvalue weighted by Gasteiger charge is -2.30. The van der Waals surface area contributed by atoms with Gasteiger partial charge in [-0.2, -0.15) is 0 Å². The molecule has 0 aromatic heterocycles. The Morgan fingerprint density at radius 2 is 1.75 bits per heavy atom. The SMILES string of the molecule is CC(=O)O[C@@H]1CC[C@@H](OC(C)=O)[C@@H](O)C1=O. The van der Waals surface area contributed by atoms with Crippen molar-refractivity contribution in [2.24, 2.45) is 0 Å². The highest BCUT2D eigenvalue weighted by molar-refractivity contribution is 5.90. The Balaban J connectivity index is 2.61. The van der Waals surface area contributed by atoms with Gasteiger partial charge in [0.1, 0.15) is 6.10 Å². The van der Waals surface area contributed by atoms with Crippen molar-refractivity contribution in [2.45, 2.75) is 45.0 Å². The molecule has 16 heavy (non-hydrogen) atoms. The molecule has 6 heteroatoms. The molecule has 0 radical (unpaired) electrons. The minimum atomic E-state index is -1.41. The van der Waals surface area contributed by atoms with Gasteiger partial charge in [-0.15, -0.1) is 0 Å². The summed E-state index contributed by atoms with van der Waals surface area (Å²) in [5.74, 6) is -1.74. The van der Waals surface area contributed by atoms with Gasteiger partial charge in [-0.1, -0.05) is 0 Å². The first-order chi connectivity index (χ1) is 7.41. The van der Waals surface area contributed by atoms with Crippen LogP contribution in [0, 0.1) is 0 Å². The highest BCUT2D eigenvalue weighted by atomic mass is 16.6. The number of ether oxygens (including phenoxy) is 2. The van der Waals surface area contributed by atoms with Crippen molar-refractivity contribution in [2.75, 3.05) is 0 Å². The molecule has 0 aromatic rings. The summed E-state index contributed by atoms with van der Waals surface area (Å²) in [6.45, 7) is 2.40. The number of carbonyl (C=O) groups is 3. The van der Waals surface area contributed by atoms with Crippen molar-refractivity contribution in [1.29, 1.82) is 0 Å². The summed E-state index contributed by atoms with van der Waals surface area (Å²) in [5.41, 5.74) is 0. The quantitative estimate of drug-likeness (QED) is 0.647. The van der Waals surface area contributed by atoms with Crippen LogP contribution < -0.4 is 0 Å². The third-order valence-electron chi connectivity index (χ3n) is 2.30. The van der Waals surface area contributed by atoms with Gasteiger partial charge < -0.3 is 14.6 Å². The molecule has 1 fully saturated rings. The molecule has 1 rings (SSSR count). The number of Topliss-reactive ketones (excluding diaryl/α,β-unsaturated/α-hetero) is 1. The van der Waals surface area contributed by atoms with E-state index >= 15 is 0 Å². The molecule has 1 aliphatic rings. The van der Waals surface area contributed by atoms with Crippen molar-refractivity contribution in [3.8, 4) is 0 Å². The second-order valence-corrected chi connectivity index (χ2v) is 3.67. The molecular formula is C10H14O6. The van der Waals surface area contributed by atoms with E-state index in [1.165, 1.54) is 13.8 Å². The molecule has 3 atom stereocenters. The van der Waals surface area contributed by atoms with Crippen molar-refractivity contribution in [3.05, 3.63) is 0 Å². The van der Waals surface area contributed by atoms with Crippen LogP contribution in [0.15, 0.2) is 0 Å². The standard InChI is InChI=1S/C10H14O6/c1-5(11)15-7-3-4-8(16-6(2)12)10(14)9(7)13/h7-9,13H,3-4H2,1-2H3/t7-,8-,9-/m1/s1. The Bertz CT molecular complexity index is 310. The fraction of sp³-hybridized carbons (Fsp3) is 0.700. The zero-order chi connectivity index (χ0) is 12.3. The predicted molar refractivity (Wildman–Crippen MR) is 51.4 cm³/mol. The van der Waals surface area contributed by atoms with Gasteiger partial charge in [0.05, 0.1) is 0 Å². The van der Waals surface area contributed by atoms with E-state index < -0.39 is 36.0 Å². The van der Waals surface area contributed by atoms with Crippen LogP contribution in [-0.2, 0) is 23.9 Å². The number of aliphatic hydroxyl groups excluding tert-OH is 1. The van der Waals surface area contributed by atoms with Crippen LogP contribution in [0.2, 0.25) is 0 Å². The van der Waals surface area contributed by atoms with Gasteiger partial charge >= 0.3 is 11.9 Å². The molecule has 1 N–H and O–H groups in total. The molecule has 0 saturated heterocycles. The molecule has 90 valence electrons. The van der Waals surface area contributed by atoms with E-state index in [1.54, 1.807) is 0 Å². The topological polar surface area (TPSA) is 89.9 Å². The minimum Gasteiger partial charge on any atom is -0.459 e. The van der Waals surface area contributed by atoms with Gasteiger partial charge in [-0.3, -0.25) is 14.4 Å². The average molecular weight is 230 g/mol. The van der Waals surface area contributed by atoms with Crippen LogP contribution in [0.5, 0.6) is 0 Å². The zero-order valence-electron chi connectivity index (χ0n) is 9.13. The summed E-state index contributed by atoms with van der Waals surface area (Å²) >= 11 is 0. The molecule has 1 aliphatic carbocycles. The number of esters is 2. The summed E-state index contributed by atoms with van der Waals surface area (Å²) in [4.78, 5) is 32.9. The second kappa shape index (κ2) is 5.07. The Morgan fingerprint density at radius 1 is 1.19 bits per heavy atom. The Hall–Kier alpha value is -1.43. The maximum Gasteiger partial charge on any atom is 0.303 e. The lowest BCUT2D eigenvalue weighted by molar-refractivity contribution is -0.172. The van der Waals surface area contributed by atoms with E-state index in [4.69, 9.17) is 9.47 Å². The minimum absolute atomic E-state index is 0.257. The maximum atomic E-state index is 11.5. The van der Waals surface area contributed by atoms with Crippen LogP contribution in [0.1, 0.15) is 26.7 Å². The number of hydrogen-bond acceptors (Lipinski definition) is 6. The molecule has 0 heterocycles. The monoisotopic (exact) mass is 230 g/mol. The fourth-order valence-corrected chi connectivity index (χ4v) is 1.64. The first-order valence-electron chi connectivity index (χ1n) is 4.98. The van der Waals surface area contributed by atoms with Crippen LogP contribution in [-0.4, -0.2) is 41.1 Å². The molecule has 0 aliphatic heterocycles. The third-order valence-corrected chi connectivity index (χ3v) is 2.30. The molecule has 0 aromatic carbocycles. The van der Waals surface area contributed by atoms with Crippen molar-refractivity contribution >= 4 is 17.7 Å². The lowest BCUT2D eigenvalue weighted by Crippen LogP contribution is -2.48. The number of rotatable bonds is 2. The van der Waals surface area contributed by atoms with Crippen molar-refractivity contribution in [3.63, 3.8) is 0 Å². The van der Waals surface area contributed by atoms with E-state index in [0.717, 1.165) is 0 Å². The Morgan fingerprint density at radius 3 is 2.25 bits per heavy atom. The molecule has 1 saturated carbocycles. The third kappa shape index (κ3) is 3.03. The van der Waals surface area contributed by atoms with E-state index in [9.17, 15) is 19.5 Å². The summed E-state index contributed by atoms with van der Waals surface area (Å²) in [6.07, 6.45) is -2.63. The molecule has 0 amide bonds. The first kappa shape index (κ1) is 12.6. The number of aliphatic hydroxyl groups is 1. The normalized spacial score (nSPS) is 29.7. The van der Waals surface area contributed by atoms with Crippen molar-refractivity contribution in [1.82, 2.24) is 0 Å². The summed E-state index contributed by atoms with van der Waals surface area (Å²) in [6, 6.07) is 0. The Kier molecular flexibility index (Phi) is 4.00. The van der Waals surface area contributed by atoms with Gasteiger partial charge in [0.2, 0.25) is 5.78 Å². The van der Waals surface area contributed by atoms with Gasteiger partial charge in [0.15, 0.2) is 12.2 Å². The van der Waals surface area contributed by atoms with E-state index in [2.05, 4.69) is 0 Å². The van der Waals surface area contributed by atoms with E-state index in [0.29, 0.717) is 6.42 Å². The molecule has 0 spiro atoms. The van der Waals surface area contributed by atoms with Crippen LogP contribution in [0.4, 0.5) is 0 Å². The molecular weight excluding hydrogens is 216 g/mol. The van der Waals surface area contributed by atoms with Gasteiger partial charge in [0.25, 0.3) is 0 Å². The number of carbonyl (C=O) groups excluding carboxylic acids is 3. The average Bonchev–Trinajstić information content (AvgIpc) is 2.16. The maximum absolute atomic E-state index is 11.5. The van der Waals surface area contributed by atoms with Crippen LogP contribution in [0.3, 0.4) is 0 Å². The lowest BCUT2D eigenvalue weighted by atomic mass is 9.91. The molecule has 0 bridgehead atoms. The van der Waals surface area contributed by atoms with Gasteiger partial charge in [-0.05, 0) is 12.8 Å². The predicted octanol–water partition coefficient (Wildman–Crippen LogP) is -0.426. The smallest absolute Gasteiger partial charge is 0.303 e. The van der Waals surface area contributed by atoms with Gasteiger partial charge in [-0.25, -0.2) is 0 Å². The van der Waals surface area contributed by atoms with E-state index in [-0.39, 0.29) is 6.42 Å². The molecule has 0 unspecified atom stereocenters. The largest absolute Gasteiger partial charge is 0.459 e. The summed E-state index contributed by atoms with van der Waals surface area (Å²) < 4.78 is 9.52. The zero-order valence-corrected chi connectivity index (χ0v) is 9.13. The first-order valence-corrected chi connectivity index (χ1v) is 4.98. The number of ketones is 1.